The molecule has 1 N–H and O–H groups in total. The molecule has 0 aromatic heterocycles. The molecule has 0 atom stereocenters. The van der Waals surface area contributed by atoms with Crippen LogP contribution in [0.2, 0.25) is 0 Å². The molecule has 0 amide bonds. The number of rotatable bonds is 1. The van der Waals surface area contributed by atoms with Gasteiger partial charge in [-0.1, -0.05) is 42.3 Å². The summed E-state index contributed by atoms with van der Waals surface area (Å²) in [6.07, 6.45) is 5.40. The summed E-state index contributed by atoms with van der Waals surface area (Å²) in [5.41, 5.74) is 2.37. The number of aromatic hydroxyl groups is 1. The van der Waals surface area contributed by atoms with Gasteiger partial charge in [-0.15, -0.1) is 6.42 Å². The summed E-state index contributed by atoms with van der Waals surface area (Å²) in [6, 6.07) is 14.8. The molecule has 0 radical (unpaired) electrons. The Morgan fingerprint density at radius 1 is 0.933 bits per heavy atom. The fraction of sp³-hybridized carbons (Fsp3) is 0. The molecule has 15 heavy (non-hydrogen) atoms. The monoisotopic (exact) mass is 194 g/mol. The van der Waals surface area contributed by atoms with Crippen molar-refractivity contribution >= 4 is 0 Å². The first-order chi connectivity index (χ1) is 7.33. The van der Waals surface area contributed by atoms with E-state index in [-0.39, 0.29) is 5.75 Å². The van der Waals surface area contributed by atoms with Gasteiger partial charge in [-0.25, -0.2) is 0 Å². The van der Waals surface area contributed by atoms with Gasteiger partial charge in [-0.3, -0.25) is 0 Å². The van der Waals surface area contributed by atoms with Gasteiger partial charge in [0, 0.05) is 11.1 Å². The van der Waals surface area contributed by atoms with Crippen molar-refractivity contribution in [1.29, 1.82) is 0 Å². The Labute approximate surface area is 89.0 Å². The highest BCUT2D eigenvalue weighted by Gasteiger charge is 2.07. The molecule has 2 rings (SSSR count). The highest BCUT2D eigenvalue weighted by atomic mass is 16.3. The summed E-state index contributed by atoms with van der Waals surface area (Å²) in [5, 5.41) is 9.78. The number of phenolic OH excluding ortho intramolecular Hbond substituents is 1. The maximum absolute atomic E-state index is 9.78. The summed E-state index contributed by atoms with van der Waals surface area (Å²) < 4.78 is 0. The zero-order valence-corrected chi connectivity index (χ0v) is 8.14. The molecule has 0 fully saturated rings. The summed E-state index contributed by atoms with van der Waals surface area (Å²) >= 11 is 0. The van der Waals surface area contributed by atoms with E-state index in [0.717, 1.165) is 11.1 Å². The van der Waals surface area contributed by atoms with Crippen LogP contribution in [-0.4, -0.2) is 5.11 Å². The second-order valence-electron chi connectivity index (χ2n) is 3.21. The predicted octanol–water partition coefficient (Wildman–Crippen LogP) is 3.04. The van der Waals surface area contributed by atoms with Crippen molar-refractivity contribution in [1.82, 2.24) is 0 Å². The standard InChI is InChI=1S/C14H10O/c1-2-11-9-6-10-13(15)14(11)12-7-4-3-5-8-12/h1,3-10,15H. The van der Waals surface area contributed by atoms with Gasteiger partial charge in [0.05, 0.1) is 0 Å². The zero-order valence-electron chi connectivity index (χ0n) is 8.14. The van der Waals surface area contributed by atoms with Gasteiger partial charge in [0.15, 0.2) is 0 Å². The summed E-state index contributed by atoms with van der Waals surface area (Å²) in [7, 11) is 0. The fourth-order valence-corrected chi connectivity index (χ4v) is 1.57. The fourth-order valence-electron chi connectivity index (χ4n) is 1.57. The van der Waals surface area contributed by atoms with E-state index in [0.29, 0.717) is 5.56 Å². The van der Waals surface area contributed by atoms with Gasteiger partial charge >= 0.3 is 0 Å². The maximum Gasteiger partial charge on any atom is 0.124 e. The molecule has 0 aliphatic rings. The van der Waals surface area contributed by atoms with Gasteiger partial charge < -0.3 is 5.11 Å². The van der Waals surface area contributed by atoms with Crippen LogP contribution in [0.1, 0.15) is 5.56 Å². The zero-order chi connectivity index (χ0) is 10.7. The van der Waals surface area contributed by atoms with Crippen LogP contribution >= 0.6 is 0 Å². The van der Waals surface area contributed by atoms with E-state index >= 15 is 0 Å². The van der Waals surface area contributed by atoms with E-state index in [1.54, 1.807) is 12.1 Å². The van der Waals surface area contributed by atoms with Crippen LogP contribution in [0, 0.1) is 12.3 Å². The molecule has 0 bridgehead atoms. The topological polar surface area (TPSA) is 20.2 Å². The number of hydrogen-bond acceptors (Lipinski definition) is 1. The predicted molar refractivity (Wildman–Crippen MR) is 61.5 cm³/mol. The van der Waals surface area contributed by atoms with Crippen LogP contribution < -0.4 is 0 Å². The Kier molecular flexibility index (Phi) is 2.43. The molecular weight excluding hydrogens is 184 g/mol. The average molecular weight is 194 g/mol. The number of hydrogen-bond donors (Lipinski definition) is 1. The lowest BCUT2D eigenvalue weighted by Crippen LogP contribution is -1.84. The van der Waals surface area contributed by atoms with Gasteiger partial charge in [0.2, 0.25) is 0 Å². The third kappa shape index (κ3) is 1.70. The SMILES string of the molecule is C#Cc1cccc(O)c1-c1ccccc1. The first-order valence-electron chi connectivity index (χ1n) is 4.67. The van der Waals surface area contributed by atoms with Crippen LogP contribution in [-0.2, 0) is 0 Å². The van der Waals surface area contributed by atoms with E-state index in [4.69, 9.17) is 6.42 Å². The molecule has 72 valence electrons. The van der Waals surface area contributed by atoms with Crippen LogP contribution in [0.4, 0.5) is 0 Å². The van der Waals surface area contributed by atoms with Crippen LogP contribution in [0.25, 0.3) is 11.1 Å². The number of phenols is 1. The Balaban J connectivity index is 2.68. The smallest absolute Gasteiger partial charge is 0.124 e. The first-order valence-corrected chi connectivity index (χ1v) is 4.67. The molecule has 0 unspecified atom stereocenters. The normalized spacial score (nSPS) is 9.53. The Bertz CT molecular complexity index is 507. The second-order valence-corrected chi connectivity index (χ2v) is 3.21. The minimum atomic E-state index is 0.219. The Morgan fingerprint density at radius 3 is 2.33 bits per heavy atom. The van der Waals surface area contributed by atoms with Crippen molar-refractivity contribution in [3.05, 3.63) is 54.1 Å². The molecule has 0 aliphatic carbocycles. The molecule has 0 saturated carbocycles. The quantitative estimate of drug-likeness (QED) is 0.692. The molecule has 0 saturated heterocycles. The lowest BCUT2D eigenvalue weighted by Gasteiger charge is -2.06. The van der Waals surface area contributed by atoms with Crippen LogP contribution in [0.3, 0.4) is 0 Å². The average Bonchev–Trinajstić information content (AvgIpc) is 2.29. The molecule has 2 aromatic rings. The lowest BCUT2D eigenvalue weighted by molar-refractivity contribution is 0.477. The first kappa shape index (κ1) is 9.36. The highest BCUT2D eigenvalue weighted by molar-refractivity contribution is 5.76. The van der Waals surface area contributed by atoms with Crippen LogP contribution in [0.15, 0.2) is 48.5 Å². The van der Waals surface area contributed by atoms with Gasteiger partial charge in [0.25, 0.3) is 0 Å². The minimum absolute atomic E-state index is 0.219. The molecular formula is C14H10O. The van der Waals surface area contributed by atoms with Gasteiger partial charge in [-0.2, -0.15) is 0 Å². The minimum Gasteiger partial charge on any atom is -0.507 e. The summed E-state index contributed by atoms with van der Waals surface area (Å²) in [5.74, 6) is 2.79. The molecule has 0 spiro atoms. The largest absolute Gasteiger partial charge is 0.507 e. The van der Waals surface area contributed by atoms with E-state index in [9.17, 15) is 5.11 Å². The Morgan fingerprint density at radius 2 is 1.67 bits per heavy atom. The molecule has 2 aromatic carbocycles. The van der Waals surface area contributed by atoms with E-state index < -0.39 is 0 Å². The maximum atomic E-state index is 9.78. The van der Waals surface area contributed by atoms with E-state index in [2.05, 4.69) is 5.92 Å². The van der Waals surface area contributed by atoms with E-state index in [1.165, 1.54) is 0 Å². The van der Waals surface area contributed by atoms with Crippen molar-refractivity contribution in [2.45, 2.75) is 0 Å². The van der Waals surface area contributed by atoms with Crippen molar-refractivity contribution in [3.8, 4) is 29.2 Å². The van der Waals surface area contributed by atoms with Gasteiger partial charge in [-0.05, 0) is 17.7 Å². The summed E-state index contributed by atoms with van der Waals surface area (Å²) in [4.78, 5) is 0. The molecule has 1 nitrogen and oxygen atoms in total. The number of terminal acetylenes is 1. The third-order valence-electron chi connectivity index (χ3n) is 2.26. The van der Waals surface area contributed by atoms with Crippen molar-refractivity contribution < 1.29 is 5.11 Å². The molecule has 1 heteroatoms. The van der Waals surface area contributed by atoms with Crippen molar-refractivity contribution in [3.63, 3.8) is 0 Å². The third-order valence-corrected chi connectivity index (χ3v) is 2.26. The highest BCUT2D eigenvalue weighted by Crippen LogP contribution is 2.31. The van der Waals surface area contributed by atoms with Crippen LogP contribution in [0.5, 0.6) is 5.75 Å². The summed E-state index contributed by atoms with van der Waals surface area (Å²) in [6.45, 7) is 0. The number of benzene rings is 2. The Hall–Kier alpha value is -2.20. The molecule has 0 heterocycles. The second kappa shape index (κ2) is 3.89. The van der Waals surface area contributed by atoms with Crippen molar-refractivity contribution in [2.75, 3.05) is 0 Å². The van der Waals surface area contributed by atoms with Gasteiger partial charge in [0.1, 0.15) is 5.75 Å². The van der Waals surface area contributed by atoms with E-state index in [1.807, 2.05) is 36.4 Å². The van der Waals surface area contributed by atoms with Crippen molar-refractivity contribution in [2.24, 2.45) is 0 Å². The lowest BCUT2D eigenvalue weighted by atomic mass is 9.99. The molecule has 0 aliphatic heterocycles.